The molecule has 0 aliphatic rings. The number of benzene rings is 1. The molecule has 17 heavy (non-hydrogen) atoms. The highest BCUT2D eigenvalue weighted by Crippen LogP contribution is 2.14. The van der Waals surface area contributed by atoms with Crippen LogP contribution in [0.25, 0.3) is 0 Å². The molecule has 0 saturated carbocycles. The number of hydrogen-bond donors (Lipinski definition) is 2. The summed E-state index contributed by atoms with van der Waals surface area (Å²) in [6.07, 6.45) is 2.80. The molecule has 0 amide bonds. The van der Waals surface area contributed by atoms with Crippen LogP contribution in [-0.2, 0) is 0 Å². The van der Waals surface area contributed by atoms with E-state index >= 15 is 0 Å². The molecule has 88 valence electrons. The van der Waals surface area contributed by atoms with Gasteiger partial charge in [0.1, 0.15) is 5.82 Å². The summed E-state index contributed by atoms with van der Waals surface area (Å²) in [4.78, 5) is 8.53. The first-order valence-electron chi connectivity index (χ1n) is 5.77. The van der Waals surface area contributed by atoms with E-state index < -0.39 is 0 Å². The monoisotopic (exact) mass is 228 g/mol. The second-order valence-electron chi connectivity index (χ2n) is 3.68. The number of nitrogens with one attached hydrogen (secondary N) is 2. The average Bonchev–Trinajstić information content (AvgIpc) is 2.38. The Labute approximate surface area is 101 Å². The summed E-state index contributed by atoms with van der Waals surface area (Å²) in [6.45, 7) is 2.99. The molecule has 2 N–H and O–H groups in total. The fourth-order valence-electron chi connectivity index (χ4n) is 1.42. The Morgan fingerprint density at radius 1 is 1.12 bits per heavy atom. The van der Waals surface area contributed by atoms with E-state index in [0.717, 1.165) is 24.5 Å². The van der Waals surface area contributed by atoms with E-state index in [1.54, 1.807) is 6.20 Å². The quantitative estimate of drug-likeness (QED) is 0.825. The zero-order chi connectivity index (χ0) is 11.9. The Hall–Kier alpha value is -2.10. The van der Waals surface area contributed by atoms with Crippen LogP contribution in [0.2, 0.25) is 0 Å². The standard InChI is InChI=1S/C13H16N4/c1-2-9-14-13-15-10-8-12(17-13)16-11-6-4-3-5-7-11/h3-8,10H,2,9H2,1H3,(H2,14,15,16,17). The van der Waals surface area contributed by atoms with Gasteiger partial charge in [0.15, 0.2) is 0 Å². The van der Waals surface area contributed by atoms with Crippen molar-refractivity contribution in [1.29, 1.82) is 0 Å². The topological polar surface area (TPSA) is 49.8 Å². The number of aromatic nitrogens is 2. The first kappa shape index (κ1) is 11.4. The van der Waals surface area contributed by atoms with E-state index in [4.69, 9.17) is 0 Å². The van der Waals surface area contributed by atoms with E-state index in [1.165, 1.54) is 0 Å². The fourth-order valence-corrected chi connectivity index (χ4v) is 1.42. The third kappa shape index (κ3) is 3.45. The minimum atomic E-state index is 0.660. The molecule has 2 rings (SSSR count). The smallest absolute Gasteiger partial charge is 0.224 e. The van der Waals surface area contributed by atoms with Gasteiger partial charge in [0.25, 0.3) is 0 Å². The van der Waals surface area contributed by atoms with Crippen molar-refractivity contribution in [3.63, 3.8) is 0 Å². The van der Waals surface area contributed by atoms with E-state index in [2.05, 4.69) is 27.5 Å². The van der Waals surface area contributed by atoms with Crippen molar-refractivity contribution in [3.8, 4) is 0 Å². The number of hydrogen-bond acceptors (Lipinski definition) is 4. The maximum atomic E-state index is 4.37. The molecule has 0 unspecified atom stereocenters. The van der Waals surface area contributed by atoms with Crippen LogP contribution in [0.4, 0.5) is 17.5 Å². The molecule has 0 radical (unpaired) electrons. The second kappa shape index (κ2) is 5.84. The molecule has 0 atom stereocenters. The van der Waals surface area contributed by atoms with Gasteiger partial charge in [0.05, 0.1) is 0 Å². The Bertz CT molecular complexity index is 456. The zero-order valence-electron chi connectivity index (χ0n) is 9.85. The molecule has 1 aromatic carbocycles. The van der Waals surface area contributed by atoms with Crippen molar-refractivity contribution in [3.05, 3.63) is 42.6 Å². The SMILES string of the molecule is CCCNc1nccc(Nc2ccccc2)n1. The number of nitrogens with zero attached hydrogens (tertiary/aromatic N) is 2. The van der Waals surface area contributed by atoms with Gasteiger partial charge in [-0.15, -0.1) is 0 Å². The summed E-state index contributed by atoms with van der Waals surface area (Å²) in [5, 5.41) is 6.39. The van der Waals surface area contributed by atoms with E-state index in [0.29, 0.717) is 5.95 Å². The molecule has 4 heteroatoms. The molecular weight excluding hydrogens is 212 g/mol. The molecule has 0 fully saturated rings. The summed E-state index contributed by atoms with van der Waals surface area (Å²) in [5.41, 5.74) is 1.02. The first-order valence-corrected chi connectivity index (χ1v) is 5.77. The highest BCUT2D eigenvalue weighted by atomic mass is 15.1. The van der Waals surface area contributed by atoms with Crippen molar-refractivity contribution in [2.75, 3.05) is 17.2 Å². The van der Waals surface area contributed by atoms with Gasteiger partial charge in [-0.05, 0) is 24.6 Å². The van der Waals surface area contributed by atoms with Gasteiger partial charge in [0.2, 0.25) is 5.95 Å². The summed E-state index contributed by atoms with van der Waals surface area (Å²) in [5.74, 6) is 1.46. The largest absolute Gasteiger partial charge is 0.354 e. The lowest BCUT2D eigenvalue weighted by Gasteiger charge is -2.07. The van der Waals surface area contributed by atoms with Crippen molar-refractivity contribution < 1.29 is 0 Å². The van der Waals surface area contributed by atoms with Gasteiger partial charge < -0.3 is 10.6 Å². The fraction of sp³-hybridized carbons (Fsp3) is 0.231. The predicted octanol–water partition coefficient (Wildman–Crippen LogP) is 3.04. The third-order valence-corrected chi connectivity index (χ3v) is 2.23. The lowest BCUT2D eigenvalue weighted by molar-refractivity contribution is 0.953. The third-order valence-electron chi connectivity index (χ3n) is 2.23. The predicted molar refractivity (Wildman–Crippen MR) is 70.5 cm³/mol. The maximum absolute atomic E-state index is 4.37. The Morgan fingerprint density at radius 2 is 1.94 bits per heavy atom. The number of anilines is 3. The molecular formula is C13H16N4. The normalized spacial score (nSPS) is 9.94. The molecule has 0 aliphatic carbocycles. The molecule has 0 aliphatic heterocycles. The van der Waals surface area contributed by atoms with Gasteiger partial charge in [-0.2, -0.15) is 4.98 Å². The molecule has 0 spiro atoms. The van der Waals surface area contributed by atoms with Crippen LogP contribution >= 0.6 is 0 Å². The van der Waals surface area contributed by atoms with E-state index in [9.17, 15) is 0 Å². The lowest BCUT2D eigenvalue weighted by atomic mass is 10.3. The van der Waals surface area contributed by atoms with Crippen LogP contribution < -0.4 is 10.6 Å². The van der Waals surface area contributed by atoms with Gasteiger partial charge >= 0.3 is 0 Å². The van der Waals surface area contributed by atoms with Crippen molar-refractivity contribution in [2.24, 2.45) is 0 Å². The van der Waals surface area contributed by atoms with Crippen molar-refractivity contribution >= 4 is 17.5 Å². The molecule has 4 nitrogen and oxygen atoms in total. The summed E-state index contributed by atoms with van der Waals surface area (Å²) in [7, 11) is 0. The van der Waals surface area contributed by atoms with E-state index in [-0.39, 0.29) is 0 Å². The van der Waals surface area contributed by atoms with Crippen LogP contribution in [0.5, 0.6) is 0 Å². The first-order chi connectivity index (χ1) is 8.38. The molecule has 1 aromatic heterocycles. The molecule has 0 bridgehead atoms. The van der Waals surface area contributed by atoms with Crippen LogP contribution in [-0.4, -0.2) is 16.5 Å². The van der Waals surface area contributed by atoms with Crippen LogP contribution in [0, 0.1) is 0 Å². The molecule has 1 heterocycles. The number of para-hydroxylation sites is 1. The van der Waals surface area contributed by atoms with Crippen LogP contribution in [0.1, 0.15) is 13.3 Å². The van der Waals surface area contributed by atoms with Gasteiger partial charge in [0, 0.05) is 18.4 Å². The Balaban J connectivity index is 2.06. The molecule has 2 aromatic rings. The lowest BCUT2D eigenvalue weighted by Crippen LogP contribution is -2.05. The Morgan fingerprint density at radius 3 is 2.71 bits per heavy atom. The van der Waals surface area contributed by atoms with Crippen LogP contribution in [0.15, 0.2) is 42.6 Å². The summed E-state index contributed by atoms with van der Waals surface area (Å²) >= 11 is 0. The Kier molecular flexibility index (Phi) is 3.91. The van der Waals surface area contributed by atoms with Crippen LogP contribution in [0.3, 0.4) is 0 Å². The maximum Gasteiger partial charge on any atom is 0.224 e. The second-order valence-corrected chi connectivity index (χ2v) is 3.68. The van der Waals surface area contributed by atoms with Crippen molar-refractivity contribution in [2.45, 2.75) is 13.3 Å². The summed E-state index contributed by atoms with van der Waals surface area (Å²) < 4.78 is 0. The van der Waals surface area contributed by atoms with Gasteiger partial charge in [-0.3, -0.25) is 0 Å². The van der Waals surface area contributed by atoms with Gasteiger partial charge in [-0.1, -0.05) is 25.1 Å². The highest BCUT2D eigenvalue weighted by Gasteiger charge is 1.98. The minimum Gasteiger partial charge on any atom is -0.354 e. The van der Waals surface area contributed by atoms with E-state index in [1.807, 2.05) is 36.4 Å². The number of rotatable bonds is 5. The minimum absolute atomic E-state index is 0.660. The molecule has 0 saturated heterocycles. The van der Waals surface area contributed by atoms with Gasteiger partial charge in [-0.25, -0.2) is 4.98 Å². The van der Waals surface area contributed by atoms with Crippen molar-refractivity contribution in [1.82, 2.24) is 9.97 Å². The average molecular weight is 228 g/mol. The zero-order valence-corrected chi connectivity index (χ0v) is 9.85. The highest BCUT2D eigenvalue weighted by molar-refractivity contribution is 5.56. The summed E-state index contributed by atoms with van der Waals surface area (Å²) in [6, 6.07) is 11.8.